The highest BCUT2D eigenvalue weighted by Crippen LogP contribution is 2.36. The second kappa shape index (κ2) is 6.89. The van der Waals surface area contributed by atoms with Crippen molar-refractivity contribution in [2.24, 2.45) is 0 Å². The Balaban J connectivity index is 2.92. The van der Waals surface area contributed by atoms with Crippen LogP contribution in [0.4, 0.5) is 5.69 Å². The van der Waals surface area contributed by atoms with E-state index in [1.54, 1.807) is 26.2 Å². The van der Waals surface area contributed by atoms with Crippen LogP contribution in [0.25, 0.3) is 0 Å². The van der Waals surface area contributed by atoms with Gasteiger partial charge in [0.25, 0.3) is 0 Å². The zero-order valence-corrected chi connectivity index (χ0v) is 14.1. The van der Waals surface area contributed by atoms with Crippen LogP contribution in [0.1, 0.15) is 27.7 Å². The SMILES string of the molecule is COc1cc(OC)c(NC(C)C(=O)NC(C)(C)C)cc1Cl. The quantitative estimate of drug-likeness (QED) is 0.877. The molecule has 1 rings (SSSR count). The molecule has 0 aromatic heterocycles. The zero-order chi connectivity index (χ0) is 16.2. The Morgan fingerprint density at radius 1 is 1.19 bits per heavy atom. The molecule has 0 saturated heterocycles. The van der Waals surface area contributed by atoms with Crippen molar-refractivity contribution in [1.29, 1.82) is 0 Å². The van der Waals surface area contributed by atoms with Crippen LogP contribution in [-0.4, -0.2) is 31.7 Å². The third kappa shape index (κ3) is 5.01. The first kappa shape index (κ1) is 17.4. The number of benzene rings is 1. The molecule has 0 heterocycles. The van der Waals surface area contributed by atoms with Crippen LogP contribution >= 0.6 is 11.6 Å². The van der Waals surface area contributed by atoms with Gasteiger partial charge in [0.15, 0.2) is 0 Å². The van der Waals surface area contributed by atoms with Gasteiger partial charge in [0, 0.05) is 11.6 Å². The normalized spacial score (nSPS) is 12.5. The number of hydrogen-bond acceptors (Lipinski definition) is 4. The van der Waals surface area contributed by atoms with Crippen molar-refractivity contribution in [3.05, 3.63) is 17.2 Å². The van der Waals surface area contributed by atoms with Crippen molar-refractivity contribution in [2.75, 3.05) is 19.5 Å². The average Bonchev–Trinajstić information content (AvgIpc) is 2.37. The minimum atomic E-state index is -0.428. The zero-order valence-electron chi connectivity index (χ0n) is 13.3. The molecule has 1 aromatic carbocycles. The number of methoxy groups -OCH3 is 2. The van der Waals surface area contributed by atoms with E-state index in [2.05, 4.69) is 10.6 Å². The Bertz CT molecular complexity index is 512. The van der Waals surface area contributed by atoms with E-state index in [-0.39, 0.29) is 11.4 Å². The lowest BCUT2D eigenvalue weighted by atomic mass is 10.1. The predicted molar refractivity (Wildman–Crippen MR) is 85.5 cm³/mol. The van der Waals surface area contributed by atoms with E-state index in [1.165, 1.54) is 7.11 Å². The molecule has 5 nitrogen and oxygen atoms in total. The first-order chi connectivity index (χ1) is 9.67. The van der Waals surface area contributed by atoms with Gasteiger partial charge in [0.2, 0.25) is 5.91 Å². The standard InChI is InChI=1S/C15H23ClN2O3/c1-9(14(19)18-15(2,3)4)17-11-7-10(16)12(20-5)8-13(11)21-6/h7-9,17H,1-6H3,(H,18,19). The second-order valence-corrected chi connectivity index (χ2v) is 6.20. The lowest BCUT2D eigenvalue weighted by molar-refractivity contribution is -0.122. The van der Waals surface area contributed by atoms with Crippen molar-refractivity contribution in [2.45, 2.75) is 39.3 Å². The molecule has 1 atom stereocenters. The van der Waals surface area contributed by atoms with Crippen LogP contribution < -0.4 is 20.1 Å². The fourth-order valence-electron chi connectivity index (χ4n) is 1.75. The van der Waals surface area contributed by atoms with Crippen molar-refractivity contribution < 1.29 is 14.3 Å². The molecule has 0 aliphatic carbocycles. The number of anilines is 1. The van der Waals surface area contributed by atoms with Crippen molar-refractivity contribution in [3.63, 3.8) is 0 Å². The monoisotopic (exact) mass is 314 g/mol. The molecule has 118 valence electrons. The molecule has 0 aliphatic heterocycles. The van der Waals surface area contributed by atoms with Crippen molar-refractivity contribution >= 4 is 23.2 Å². The first-order valence-corrected chi connectivity index (χ1v) is 7.06. The van der Waals surface area contributed by atoms with Crippen molar-refractivity contribution in [3.8, 4) is 11.5 Å². The molecule has 0 fully saturated rings. The number of carbonyl (C=O) groups excluding carboxylic acids is 1. The van der Waals surface area contributed by atoms with Gasteiger partial charge in [-0.1, -0.05) is 11.6 Å². The third-order valence-corrected chi connectivity index (χ3v) is 3.03. The molecule has 1 unspecified atom stereocenters. The fourth-order valence-corrected chi connectivity index (χ4v) is 1.99. The van der Waals surface area contributed by atoms with Crippen LogP contribution in [0.5, 0.6) is 11.5 Å². The Hall–Kier alpha value is -1.62. The van der Waals surface area contributed by atoms with Gasteiger partial charge in [0.05, 0.1) is 24.9 Å². The Morgan fingerprint density at radius 3 is 2.24 bits per heavy atom. The molecule has 0 saturated carbocycles. The summed E-state index contributed by atoms with van der Waals surface area (Å²) < 4.78 is 10.4. The summed E-state index contributed by atoms with van der Waals surface area (Å²) >= 11 is 6.11. The average molecular weight is 315 g/mol. The lowest BCUT2D eigenvalue weighted by Crippen LogP contribution is -2.47. The number of amides is 1. The maximum absolute atomic E-state index is 12.1. The highest BCUT2D eigenvalue weighted by atomic mass is 35.5. The van der Waals surface area contributed by atoms with E-state index in [0.29, 0.717) is 22.2 Å². The van der Waals surface area contributed by atoms with Gasteiger partial charge < -0.3 is 20.1 Å². The molecular weight excluding hydrogens is 292 g/mol. The molecule has 6 heteroatoms. The van der Waals surface area contributed by atoms with Crippen LogP contribution in [0.3, 0.4) is 0 Å². The smallest absolute Gasteiger partial charge is 0.242 e. The van der Waals surface area contributed by atoms with Gasteiger partial charge in [-0.05, 0) is 33.8 Å². The van der Waals surface area contributed by atoms with E-state index in [9.17, 15) is 4.79 Å². The van der Waals surface area contributed by atoms with Crippen LogP contribution in [-0.2, 0) is 4.79 Å². The van der Waals surface area contributed by atoms with Gasteiger partial charge in [-0.15, -0.1) is 0 Å². The van der Waals surface area contributed by atoms with Crippen LogP contribution in [0.2, 0.25) is 5.02 Å². The number of hydrogen-bond donors (Lipinski definition) is 2. The molecule has 21 heavy (non-hydrogen) atoms. The number of halogens is 1. The largest absolute Gasteiger partial charge is 0.495 e. The summed E-state index contributed by atoms with van der Waals surface area (Å²) in [4.78, 5) is 12.1. The molecule has 2 N–H and O–H groups in total. The van der Waals surface area contributed by atoms with E-state index in [1.807, 2.05) is 20.8 Å². The summed E-state index contributed by atoms with van der Waals surface area (Å²) in [5.41, 5.74) is 0.356. The van der Waals surface area contributed by atoms with Crippen molar-refractivity contribution in [1.82, 2.24) is 5.32 Å². The van der Waals surface area contributed by atoms with Crippen LogP contribution in [0, 0.1) is 0 Å². The summed E-state index contributed by atoms with van der Waals surface area (Å²) in [7, 11) is 3.08. The number of rotatable bonds is 5. The topological polar surface area (TPSA) is 59.6 Å². The first-order valence-electron chi connectivity index (χ1n) is 6.68. The highest BCUT2D eigenvalue weighted by Gasteiger charge is 2.20. The van der Waals surface area contributed by atoms with E-state index in [0.717, 1.165) is 0 Å². The summed E-state index contributed by atoms with van der Waals surface area (Å²) in [6.07, 6.45) is 0. The number of carbonyl (C=O) groups is 1. The Labute approximate surface area is 131 Å². The van der Waals surface area contributed by atoms with Gasteiger partial charge in [-0.2, -0.15) is 0 Å². The summed E-state index contributed by atoms with van der Waals surface area (Å²) in [6.45, 7) is 7.58. The summed E-state index contributed by atoms with van der Waals surface area (Å²) in [6, 6.07) is 2.93. The van der Waals surface area contributed by atoms with Gasteiger partial charge in [-0.25, -0.2) is 0 Å². The maximum atomic E-state index is 12.1. The Morgan fingerprint density at radius 2 is 1.76 bits per heavy atom. The fraction of sp³-hybridized carbons (Fsp3) is 0.533. The molecule has 1 aromatic rings. The minimum Gasteiger partial charge on any atom is -0.495 e. The highest BCUT2D eigenvalue weighted by molar-refractivity contribution is 6.32. The Kier molecular flexibility index (Phi) is 5.72. The van der Waals surface area contributed by atoms with Crippen LogP contribution in [0.15, 0.2) is 12.1 Å². The van der Waals surface area contributed by atoms with Gasteiger partial charge in [-0.3, -0.25) is 4.79 Å². The lowest BCUT2D eigenvalue weighted by Gasteiger charge is -2.24. The summed E-state index contributed by atoms with van der Waals surface area (Å²) in [5.74, 6) is 0.981. The third-order valence-electron chi connectivity index (χ3n) is 2.74. The maximum Gasteiger partial charge on any atom is 0.242 e. The number of ether oxygens (including phenoxy) is 2. The van der Waals surface area contributed by atoms with E-state index >= 15 is 0 Å². The van der Waals surface area contributed by atoms with Gasteiger partial charge in [0.1, 0.15) is 17.5 Å². The minimum absolute atomic E-state index is 0.100. The molecule has 0 spiro atoms. The second-order valence-electron chi connectivity index (χ2n) is 5.79. The van der Waals surface area contributed by atoms with E-state index < -0.39 is 6.04 Å². The number of nitrogens with one attached hydrogen (secondary N) is 2. The molecule has 0 radical (unpaired) electrons. The predicted octanol–water partition coefficient (Wildman–Crippen LogP) is 3.07. The molecular formula is C15H23ClN2O3. The van der Waals surface area contributed by atoms with Gasteiger partial charge >= 0.3 is 0 Å². The molecule has 0 bridgehead atoms. The molecule has 1 amide bonds. The van der Waals surface area contributed by atoms with E-state index in [4.69, 9.17) is 21.1 Å². The molecule has 0 aliphatic rings. The summed E-state index contributed by atoms with van der Waals surface area (Å²) in [5, 5.41) is 6.46.